The van der Waals surface area contributed by atoms with Crippen molar-refractivity contribution in [2.45, 2.75) is 20.4 Å². The largest absolute Gasteiger partial charge is 0.370 e. The Balaban J connectivity index is 2.85. The van der Waals surface area contributed by atoms with E-state index in [1.165, 1.54) is 5.56 Å². The summed E-state index contributed by atoms with van der Waals surface area (Å²) in [6.07, 6.45) is 0. The SMILES string of the molecule is CCN(CC)Cc1cccc(N=C(N)N=C(N)N)c1. The number of guanidine groups is 2. The summed E-state index contributed by atoms with van der Waals surface area (Å²) in [5.41, 5.74) is 18.0. The lowest BCUT2D eigenvalue weighted by Gasteiger charge is -2.17. The van der Waals surface area contributed by atoms with Crippen molar-refractivity contribution < 1.29 is 0 Å². The first-order valence-electron chi connectivity index (χ1n) is 6.30. The molecule has 1 aromatic rings. The average molecular weight is 262 g/mol. The number of hydrogen-bond acceptors (Lipinski definition) is 2. The van der Waals surface area contributed by atoms with Gasteiger partial charge >= 0.3 is 0 Å². The van der Waals surface area contributed by atoms with Gasteiger partial charge in [0, 0.05) is 6.54 Å². The van der Waals surface area contributed by atoms with Crippen molar-refractivity contribution in [3.05, 3.63) is 29.8 Å². The number of benzene rings is 1. The summed E-state index contributed by atoms with van der Waals surface area (Å²) < 4.78 is 0. The molecule has 6 heteroatoms. The number of nitrogens with zero attached hydrogens (tertiary/aromatic N) is 3. The summed E-state index contributed by atoms with van der Waals surface area (Å²) in [5.74, 6) is -0.0412. The molecule has 0 saturated heterocycles. The van der Waals surface area contributed by atoms with Crippen LogP contribution >= 0.6 is 0 Å². The monoisotopic (exact) mass is 262 g/mol. The highest BCUT2D eigenvalue weighted by Crippen LogP contribution is 2.15. The van der Waals surface area contributed by atoms with Crippen molar-refractivity contribution in [2.75, 3.05) is 13.1 Å². The normalized spacial score (nSPS) is 11.6. The van der Waals surface area contributed by atoms with E-state index in [-0.39, 0.29) is 11.9 Å². The van der Waals surface area contributed by atoms with Crippen LogP contribution in [0, 0.1) is 0 Å². The Morgan fingerprint density at radius 2 is 1.84 bits per heavy atom. The smallest absolute Gasteiger partial charge is 0.223 e. The second-order valence-electron chi connectivity index (χ2n) is 4.14. The summed E-state index contributed by atoms with van der Waals surface area (Å²) in [6.45, 7) is 7.20. The Hall–Kier alpha value is -2.08. The molecule has 0 radical (unpaired) electrons. The van der Waals surface area contributed by atoms with Gasteiger partial charge in [-0.3, -0.25) is 4.90 Å². The summed E-state index contributed by atoms with van der Waals surface area (Å²) in [7, 11) is 0. The van der Waals surface area contributed by atoms with Gasteiger partial charge in [-0.25, -0.2) is 4.99 Å². The second kappa shape index (κ2) is 7.38. The van der Waals surface area contributed by atoms with E-state index in [1.807, 2.05) is 18.2 Å². The van der Waals surface area contributed by atoms with Crippen LogP contribution in [-0.2, 0) is 6.54 Å². The van der Waals surface area contributed by atoms with Gasteiger partial charge in [-0.15, -0.1) is 0 Å². The molecule has 104 valence electrons. The first-order chi connectivity index (χ1) is 9.05. The predicted octanol–water partition coefficient (Wildman–Crippen LogP) is 0.748. The predicted molar refractivity (Wildman–Crippen MR) is 80.2 cm³/mol. The summed E-state index contributed by atoms with van der Waals surface area (Å²) in [6, 6.07) is 7.85. The van der Waals surface area contributed by atoms with Gasteiger partial charge in [0.25, 0.3) is 0 Å². The van der Waals surface area contributed by atoms with Crippen molar-refractivity contribution in [1.29, 1.82) is 0 Å². The molecule has 1 aromatic carbocycles. The molecule has 6 nitrogen and oxygen atoms in total. The number of hydrogen-bond donors (Lipinski definition) is 3. The van der Waals surface area contributed by atoms with Crippen molar-refractivity contribution >= 4 is 17.6 Å². The average Bonchev–Trinajstić information content (AvgIpc) is 2.35. The Labute approximate surface area is 114 Å². The van der Waals surface area contributed by atoms with Crippen LogP contribution in [0.25, 0.3) is 0 Å². The fourth-order valence-electron chi connectivity index (χ4n) is 1.72. The van der Waals surface area contributed by atoms with Gasteiger partial charge < -0.3 is 17.2 Å². The minimum absolute atomic E-state index is 0.0555. The molecule has 6 N–H and O–H groups in total. The molecule has 0 bridgehead atoms. The topological polar surface area (TPSA) is 106 Å². The maximum Gasteiger partial charge on any atom is 0.223 e. The first kappa shape index (κ1) is 15.0. The van der Waals surface area contributed by atoms with Crippen LogP contribution in [0.3, 0.4) is 0 Å². The molecular weight excluding hydrogens is 240 g/mol. The minimum Gasteiger partial charge on any atom is -0.370 e. The third-order valence-electron chi connectivity index (χ3n) is 2.70. The van der Waals surface area contributed by atoms with Gasteiger partial charge in [0.05, 0.1) is 5.69 Å². The van der Waals surface area contributed by atoms with Crippen LogP contribution in [0.2, 0.25) is 0 Å². The molecule has 0 aliphatic rings. The van der Waals surface area contributed by atoms with E-state index in [0.29, 0.717) is 0 Å². The molecule has 0 atom stereocenters. The lowest BCUT2D eigenvalue weighted by molar-refractivity contribution is 0.296. The maximum absolute atomic E-state index is 5.60. The lowest BCUT2D eigenvalue weighted by atomic mass is 10.2. The molecule has 0 aliphatic carbocycles. The van der Waals surface area contributed by atoms with E-state index in [2.05, 4.69) is 34.8 Å². The zero-order valence-corrected chi connectivity index (χ0v) is 11.5. The Kier molecular flexibility index (Phi) is 5.81. The van der Waals surface area contributed by atoms with Crippen molar-refractivity contribution in [3.63, 3.8) is 0 Å². The van der Waals surface area contributed by atoms with Gasteiger partial charge in [0.15, 0.2) is 5.96 Å². The quantitative estimate of drug-likeness (QED) is 0.537. The Morgan fingerprint density at radius 1 is 1.16 bits per heavy atom. The van der Waals surface area contributed by atoms with Gasteiger partial charge in [-0.2, -0.15) is 4.99 Å². The molecule has 0 fully saturated rings. The standard InChI is InChI=1S/C13H22N6/c1-3-19(4-2)9-10-6-5-7-11(8-10)17-13(16)18-12(14)15/h5-8H,3-4,9H2,1-2H3,(H6,14,15,16,17,18). The lowest BCUT2D eigenvalue weighted by Crippen LogP contribution is -2.26. The van der Waals surface area contributed by atoms with Crippen LogP contribution in [0.5, 0.6) is 0 Å². The van der Waals surface area contributed by atoms with Gasteiger partial charge in [0.2, 0.25) is 5.96 Å². The third-order valence-corrected chi connectivity index (χ3v) is 2.70. The summed E-state index contributed by atoms with van der Waals surface area (Å²) >= 11 is 0. The van der Waals surface area contributed by atoms with E-state index >= 15 is 0 Å². The molecular formula is C13H22N6. The van der Waals surface area contributed by atoms with Gasteiger partial charge in [0.1, 0.15) is 0 Å². The fraction of sp³-hybridized carbons (Fsp3) is 0.385. The molecule has 0 aliphatic heterocycles. The van der Waals surface area contributed by atoms with E-state index in [9.17, 15) is 0 Å². The number of aliphatic imine (C=N–C) groups is 2. The third kappa shape index (κ3) is 5.39. The van der Waals surface area contributed by atoms with Gasteiger partial charge in [-0.05, 0) is 30.8 Å². The summed E-state index contributed by atoms with van der Waals surface area (Å²) in [4.78, 5) is 10.2. The molecule has 0 saturated carbocycles. The minimum atomic E-state index is -0.0967. The highest BCUT2D eigenvalue weighted by Gasteiger charge is 2.02. The van der Waals surface area contributed by atoms with Crippen LogP contribution in [0.1, 0.15) is 19.4 Å². The first-order valence-corrected chi connectivity index (χ1v) is 6.30. The maximum atomic E-state index is 5.60. The molecule has 0 aromatic heterocycles. The zero-order valence-electron chi connectivity index (χ0n) is 11.5. The second-order valence-corrected chi connectivity index (χ2v) is 4.14. The van der Waals surface area contributed by atoms with Crippen LogP contribution < -0.4 is 17.2 Å². The van der Waals surface area contributed by atoms with Crippen LogP contribution in [0.4, 0.5) is 5.69 Å². The van der Waals surface area contributed by atoms with E-state index in [1.54, 1.807) is 0 Å². The highest BCUT2D eigenvalue weighted by molar-refractivity contribution is 5.93. The van der Waals surface area contributed by atoms with E-state index in [0.717, 1.165) is 25.3 Å². The van der Waals surface area contributed by atoms with Crippen molar-refractivity contribution in [1.82, 2.24) is 4.90 Å². The van der Waals surface area contributed by atoms with Crippen molar-refractivity contribution in [3.8, 4) is 0 Å². The molecule has 0 amide bonds. The van der Waals surface area contributed by atoms with Crippen LogP contribution in [-0.4, -0.2) is 29.9 Å². The molecule has 0 spiro atoms. The van der Waals surface area contributed by atoms with Crippen LogP contribution in [0.15, 0.2) is 34.3 Å². The number of rotatable bonds is 5. The van der Waals surface area contributed by atoms with Crippen molar-refractivity contribution in [2.24, 2.45) is 27.2 Å². The Morgan fingerprint density at radius 3 is 2.42 bits per heavy atom. The Bertz CT molecular complexity index is 458. The van der Waals surface area contributed by atoms with E-state index < -0.39 is 0 Å². The number of nitrogens with two attached hydrogens (primary N) is 3. The highest BCUT2D eigenvalue weighted by atomic mass is 15.1. The van der Waals surface area contributed by atoms with Gasteiger partial charge in [-0.1, -0.05) is 26.0 Å². The van der Waals surface area contributed by atoms with E-state index in [4.69, 9.17) is 17.2 Å². The summed E-state index contributed by atoms with van der Waals surface area (Å²) in [5, 5.41) is 0. The molecule has 0 heterocycles. The zero-order chi connectivity index (χ0) is 14.3. The molecule has 1 rings (SSSR count). The molecule has 0 unspecified atom stereocenters. The fourth-order valence-corrected chi connectivity index (χ4v) is 1.72. The molecule has 19 heavy (non-hydrogen) atoms.